The molecule has 0 aromatic heterocycles. The molecular formula is C17H34N2O. The molecule has 3 atom stereocenters. The van der Waals surface area contributed by atoms with Gasteiger partial charge in [-0.05, 0) is 50.6 Å². The third-order valence-electron chi connectivity index (χ3n) is 5.05. The van der Waals surface area contributed by atoms with Gasteiger partial charge in [-0.2, -0.15) is 0 Å². The molecule has 2 fully saturated rings. The molecule has 1 aliphatic carbocycles. The third-order valence-corrected chi connectivity index (χ3v) is 5.05. The van der Waals surface area contributed by atoms with E-state index in [4.69, 9.17) is 4.74 Å². The molecule has 1 N–H and O–H groups in total. The van der Waals surface area contributed by atoms with Crippen molar-refractivity contribution in [2.24, 2.45) is 11.8 Å². The second kappa shape index (κ2) is 8.35. The summed E-state index contributed by atoms with van der Waals surface area (Å²) in [6, 6.07) is 1.39. The largest absolute Gasteiger partial charge is 0.383 e. The summed E-state index contributed by atoms with van der Waals surface area (Å²) in [6.07, 6.45) is 8.59. The molecule has 0 radical (unpaired) electrons. The molecule has 0 spiro atoms. The van der Waals surface area contributed by atoms with Gasteiger partial charge in [0, 0.05) is 25.7 Å². The molecular weight excluding hydrogens is 248 g/mol. The van der Waals surface area contributed by atoms with Crippen molar-refractivity contribution in [3.63, 3.8) is 0 Å². The van der Waals surface area contributed by atoms with E-state index in [1.807, 2.05) is 7.11 Å². The standard InChI is InChI=1S/C17H34N2O/c1-14(2)11-18-12-16(13-20-3)19-10-6-8-15-7-4-5-9-17(15)19/h14-18H,4-13H2,1-3H3. The Morgan fingerprint density at radius 2 is 1.85 bits per heavy atom. The Labute approximate surface area is 125 Å². The minimum Gasteiger partial charge on any atom is -0.383 e. The van der Waals surface area contributed by atoms with Crippen LogP contribution in [0.5, 0.6) is 0 Å². The SMILES string of the molecule is COCC(CNCC(C)C)N1CCCC2CCCCC21. The molecule has 3 nitrogen and oxygen atoms in total. The summed E-state index contributed by atoms with van der Waals surface area (Å²) < 4.78 is 5.51. The van der Waals surface area contributed by atoms with Gasteiger partial charge in [0.2, 0.25) is 0 Å². The van der Waals surface area contributed by atoms with E-state index in [9.17, 15) is 0 Å². The Bertz CT molecular complexity index is 268. The molecule has 1 saturated carbocycles. The Hall–Kier alpha value is -0.120. The maximum Gasteiger partial charge on any atom is 0.0630 e. The maximum absolute atomic E-state index is 5.51. The van der Waals surface area contributed by atoms with Crippen LogP contribution in [0.4, 0.5) is 0 Å². The van der Waals surface area contributed by atoms with E-state index >= 15 is 0 Å². The Kier molecular flexibility index (Phi) is 6.79. The fraction of sp³-hybridized carbons (Fsp3) is 1.00. The minimum atomic E-state index is 0.560. The minimum absolute atomic E-state index is 0.560. The molecule has 2 aliphatic rings. The van der Waals surface area contributed by atoms with Crippen LogP contribution in [0.25, 0.3) is 0 Å². The number of rotatable bonds is 7. The number of fused-ring (bicyclic) bond motifs is 1. The van der Waals surface area contributed by atoms with Crippen LogP contribution in [-0.2, 0) is 4.74 Å². The van der Waals surface area contributed by atoms with Gasteiger partial charge in [-0.3, -0.25) is 4.90 Å². The fourth-order valence-corrected chi connectivity index (χ4v) is 4.12. The van der Waals surface area contributed by atoms with Gasteiger partial charge >= 0.3 is 0 Å². The molecule has 0 amide bonds. The molecule has 3 unspecified atom stereocenters. The van der Waals surface area contributed by atoms with Crippen molar-refractivity contribution in [2.45, 2.75) is 64.5 Å². The van der Waals surface area contributed by atoms with Crippen molar-refractivity contribution in [3.8, 4) is 0 Å². The lowest BCUT2D eigenvalue weighted by molar-refractivity contribution is -0.00315. The van der Waals surface area contributed by atoms with E-state index in [1.165, 1.54) is 45.1 Å². The van der Waals surface area contributed by atoms with E-state index in [-0.39, 0.29) is 0 Å². The number of likely N-dealkylation sites (tertiary alicyclic amines) is 1. The van der Waals surface area contributed by atoms with Gasteiger partial charge in [0.05, 0.1) is 6.61 Å². The normalized spacial score (nSPS) is 29.4. The van der Waals surface area contributed by atoms with E-state index in [1.54, 1.807) is 0 Å². The molecule has 0 aromatic rings. The maximum atomic E-state index is 5.51. The van der Waals surface area contributed by atoms with Gasteiger partial charge in [0.15, 0.2) is 0 Å². The highest BCUT2D eigenvalue weighted by Crippen LogP contribution is 2.36. The second-order valence-corrected chi connectivity index (χ2v) is 7.15. The van der Waals surface area contributed by atoms with Crippen LogP contribution in [-0.4, -0.2) is 50.3 Å². The zero-order valence-corrected chi connectivity index (χ0v) is 13.7. The number of ether oxygens (including phenoxy) is 1. The van der Waals surface area contributed by atoms with Gasteiger partial charge in [-0.1, -0.05) is 26.7 Å². The van der Waals surface area contributed by atoms with Crippen LogP contribution in [0, 0.1) is 11.8 Å². The zero-order valence-electron chi connectivity index (χ0n) is 13.7. The van der Waals surface area contributed by atoms with Crippen LogP contribution in [0.15, 0.2) is 0 Å². The van der Waals surface area contributed by atoms with Crippen molar-refractivity contribution in [2.75, 3.05) is 33.4 Å². The van der Waals surface area contributed by atoms with Crippen LogP contribution in [0.1, 0.15) is 52.4 Å². The predicted octanol–water partition coefficient (Wildman–Crippen LogP) is 2.90. The van der Waals surface area contributed by atoms with Crippen molar-refractivity contribution in [1.82, 2.24) is 10.2 Å². The van der Waals surface area contributed by atoms with Gasteiger partial charge in [-0.15, -0.1) is 0 Å². The summed E-state index contributed by atoms with van der Waals surface area (Å²) in [5.74, 6) is 1.68. The Morgan fingerprint density at radius 1 is 1.10 bits per heavy atom. The van der Waals surface area contributed by atoms with E-state index < -0.39 is 0 Å². The van der Waals surface area contributed by atoms with Crippen LogP contribution in [0.3, 0.4) is 0 Å². The average molecular weight is 282 g/mol. The fourth-order valence-electron chi connectivity index (χ4n) is 4.12. The number of methoxy groups -OCH3 is 1. The van der Waals surface area contributed by atoms with Crippen molar-refractivity contribution >= 4 is 0 Å². The summed E-state index contributed by atoms with van der Waals surface area (Å²) >= 11 is 0. The van der Waals surface area contributed by atoms with Crippen LogP contribution < -0.4 is 5.32 Å². The topological polar surface area (TPSA) is 24.5 Å². The Balaban J connectivity index is 1.91. The lowest BCUT2D eigenvalue weighted by Gasteiger charge is -2.47. The Morgan fingerprint density at radius 3 is 2.60 bits per heavy atom. The lowest BCUT2D eigenvalue weighted by Crippen LogP contribution is -2.55. The van der Waals surface area contributed by atoms with E-state index in [0.29, 0.717) is 6.04 Å². The van der Waals surface area contributed by atoms with Crippen LogP contribution in [0.2, 0.25) is 0 Å². The quantitative estimate of drug-likeness (QED) is 0.777. The first-order valence-electron chi connectivity index (χ1n) is 8.67. The predicted molar refractivity (Wildman–Crippen MR) is 85.1 cm³/mol. The monoisotopic (exact) mass is 282 g/mol. The second-order valence-electron chi connectivity index (χ2n) is 7.15. The summed E-state index contributed by atoms with van der Waals surface area (Å²) in [4.78, 5) is 2.78. The third kappa shape index (κ3) is 4.44. The number of nitrogens with one attached hydrogen (secondary N) is 1. The van der Waals surface area contributed by atoms with Crippen molar-refractivity contribution in [1.29, 1.82) is 0 Å². The molecule has 1 saturated heterocycles. The van der Waals surface area contributed by atoms with E-state index in [0.717, 1.165) is 37.6 Å². The van der Waals surface area contributed by atoms with Gasteiger partial charge < -0.3 is 10.1 Å². The highest BCUT2D eigenvalue weighted by atomic mass is 16.5. The zero-order chi connectivity index (χ0) is 14.4. The summed E-state index contributed by atoms with van der Waals surface area (Å²) in [5, 5.41) is 3.64. The van der Waals surface area contributed by atoms with Gasteiger partial charge in [0.1, 0.15) is 0 Å². The first kappa shape index (κ1) is 16.3. The molecule has 0 bridgehead atoms. The molecule has 118 valence electrons. The van der Waals surface area contributed by atoms with Crippen LogP contribution >= 0.6 is 0 Å². The number of hydrogen-bond donors (Lipinski definition) is 1. The molecule has 0 aromatic carbocycles. The van der Waals surface area contributed by atoms with Gasteiger partial charge in [0.25, 0.3) is 0 Å². The molecule has 2 rings (SSSR count). The van der Waals surface area contributed by atoms with Gasteiger partial charge in [-0.25, -0.2) is 0 Å². The average Bonchev–Trinajstić information content (AvgIpc) is 2.45. The highest BCUT2D eigenvalue weighted by molar-refractivity contribution is 4.91. The number of hydrogen-bond acceptors (Lipinski definition) is 3. The summed E-state index contributed by atoms with van der Waals surface area (Å²) in [5.41, 5.74) is 0. The lowest BCUT2D eigenvalue weighted by atomic mass is 9.77. The first-order valence-corrected chi connectivity index (χ1v) is 8.67. The molecule has 3 heteroatoms. The highest BCUT2D eigenvalue weighted by Gasteiger charge is 2.36. The molecule has 1 aliphatic heterocycles. The molecule has 20 heavy (non-hydrogen) atoms. The molecule has 1 heterocycles. The van der Waals surface area contributed by atoms with Crippen molar-refractivity contribution < 1.29 is 4.74 Å². The summed E-state index contributed by atoms with van der Waals surface area (Å²) in [7, 11) is 1.84. The van der Waals surface area contributed by atoms with Crippen molar-refractivity contribution in [3.05, 3.63) is 0 Å². The number of nitrogens with zero attached hydrogens (tertiary/aromatic N) is 1. The first-order chi connectivity index (χ1) is 9.72. The summed E-state index contributed by atoms with van der Waals surface area (Å²) in [6.45, 7) is 8.89. The smallest absolute Gasteiger partial charge is 0.0630 e. The van der Waals surface area contributed by atoms with E-state index in [2.05, 4.69) is 24.1 Å². The number of piperidine rings is 1.